The lowest BCUT2D eigenvalue weighted by atomic mass is 10.1. The van der Waals surface area contributed by atoms with Gasteiger partial charge in [0.15, 0.2) is 0 Å². The van der Waals surface area contributed by atoms with Crippen molar-refractivity contribution in [1.82, 2.24) is 9.55 Å². The SMILES string of the molecule is Nc1nc(=O)n([C@@H]2C[C@@H](O)[C@H](CO)O2)cc1-c1ccccc1. The number of hydrogen-bond donors (Lipinski definition) is 3. The van der Waals surface area contributed by atoms with E-state index in [-0.39, 0.29) is 18.8 Å². The third-order valence-corrected chi connectivity index (χ3v) is 3.76. The monoisotopic (exact) mass is 303 g/mol. The highest BCUT2D eigenvalue weighted by Gasteiger charge is 2.35. The van der Waals surface area contributed by atoms with Crippen LogP contribution in [0.25, 0.3) is 11.1 Å². The lowest BCUT2D eigenvalue weighted by Crippen LogP contribution is -2.28. The van der Waals surface area contributed by atoms with E-state index in [1.54, 1.807) is 6.20 Å². The average molecular weight is 303 g/mol. The number of aliphatic hydroxyl groups is 2. The van der Waals surface area contributed by atoms with E-state index in [2.05, 4.69) is 4.98 Å². The third kappa shape index (κ3) is 2.61. The number of hydrogen-bond acceptors (Lipinski definition) is 6. The van der Waals surface area contributed by atoms with E-state index in [1.807, 2.05) is 30.3 Å². The van der Waals surface area contributed by atoms with Crippen LogP contribution in [-0.2, 0) is 4.74 Å². The van der Waals surface area contributed by atoms with Gasteiger partial charge in [-0.25, -0.2) is 4.79 Å². The molecule has 1 aliphatic heterocycles. The molecule has 7 heteroatoms. The van der Waals surface area contributed by atoms with Crippen LogP contribution in [0.4, 0.5) is 5.82 Å². The van der Waals surface area contributed by atoms with Gasteiger partial charge in [-0.2, -0.15) is 4.98 Å². The zero-order valence-corrected chi connectivity index (χ0v) is 11.8. The fraction of sp³-hybridized carbons (Fsp3) is 0.333. The fourth-order valence-corrected chi connectivity index (χ4v) is 2.58. The quantitative estimate of drug-likeness (QED) is 0.743. The summed E-state index contributed by atoms with van der Waals surface area (Å²) in [5, 5.41) is 18.9. The normalized spacial score (nSPS) is 24.5. The van der Waals surface area contributed by atoms with Crippen molar-refractivity contribution in [2.24, 2.45) is 0 Å². The molecular formula is C15H17N3O4. The zero-order chi connectivity index (χ0) is 15.7. The predicted molar refractivity (Wildman–Crippen MR) is 80.0 cm³/mol. The van der Waals surface area contributed by atoms with Gasteiger partial charge >= 0.3 is 5.69 Å². The Morgan fingerprint density at radius 1 is 1.36 bits per heavy atom. The Morgan fingerprint density at radius 3 is 2.73 bits per heavy atom. The molecule has 22 heavy (non-hydrogen) atoms. The highest BCUT2D eigenvalue weighted by molar-refractivity contribution is 5.72. The molecule has 3 rings (SSSR count). The summed E-state index contributed by atoms with van der Waals surface area (Å²) in [6.07, 6.45) is -0.397. The summed E-state index contributed by atoms with van der Waals surface area (Å²) >= 11 is 0. The summed E-state index contributed by atoms with van der Waals surface area (Å²) in [4.78, 5) is 15.9. The maximum Gasteiger partial charge on any atom is 0.351 e. The minimum atomic E-state index is -0.820. The molecule has 1 aromatic heterocycles. The van der Waals surface area contributed by atoms with Gasteiger partial charge in [0.1, 0.15) is 18.1 Å². The van der Waals surface area contributed by atoms with E-state index in [0.29, 0.717) is 5.56 Å². The Bertz CT molecular complexity index is 716. The molecule has 0 bridgehead atoms. The molecule has 1 saturated heterocycles. The minimum absolute atomic E-state index is 0.143. The number of aromatic nitrogens is 2. The molecule has 7 nitrogen and oxygen atoms in total. The van der Waals surface area contributed by atoms with Gasteiger partial charge in [-0.3, -0.25) is 4.57 Å². The molecule has 0 amide bonds. The van der Waals surface area contributed by atoms with Crippen molar-refractivity contribution in [3.8, 4) is 11.1 Å². The molecule has 3 atom stereocenters. The molecule has 1 aromatic carbocycles. The minimum Gasteiger partial charge on any atom is -0.394 e. The van der Waals surface area contributed by atoms with Gasteiger partial charge in [-0.1, -0.05) is 30.3 Å². The molecule has 2 heterocycles. The van der Waals surface area contributed by atoms with E-state index in [1.165, 1.54) is 4.57 Å². The van der Waals surface area contributed by atoms with Gasteiger partial charge in [0.2, 0.25) is 0 Å². The van der Waals surface area contributed by atoms with Crippen molar-refractivity contribution >= 4 is 5.82 Å². The molecule has 1 fully saturated rings. The Labute approximate surface area is 126 Å². The Morgan fingerprint density at radius 2 is 2.09 bits per heavy atom. The van der Waals surface area contributed by atoms with Gasteiger partial charge < -0.3 is 20.7 Å². The number of nitrogen functional groups attached to an aromatic ring is 1. The second kappa shape index (κ2) is 5.88. The smallest absolute Gasteiger partial charge is 0.351 e. The molecule has 1 aliphatic rings. The molecule has 4 N–H and O–H groups in total. The average Bonchev–Trinajstić information content (AvgIpc) is 2.89. The fourth-order valence-electron chi connectivity index (χ4n) is 2.58. The maximum absolute atomic E-state index is 12.1. The number of ether oxygens (including phenoxy) is 1. The third-order valence-electron chi connectivity index (χ3n) is 3.76. The summed E-state index contributed by atoms with van der Waals surface area (Å²) in [6, 6.07) is 9.33. The molecule has 0 aliphatic carbocycles. The summed E-state index contributed by atoms with van der Waals surface area (Å²) < 4.78 is 6.81. The van der Waals surface area contributed by atoms with Crippen LogP contribution in [0.2, 0.25) is 0 Å². The highest BCUT2D eigenvalue weighted by atomic mass is 16.5. The van der Waals surface area contributed by atoms with E-state index < -0.39 is 24.1 Å². The molecule has 0 unspecified atom stereocenters. The lowest BCUT2D eigenvalue weighted by molar-refractivity contribution is -0.0458. The zero-order valence-electron chi connectivity index (χ0n) is 11.8. The van der Waals surface area contributed by atoms with Crippen LogP contribution in [0.3, 0.4) is 0 Å². The first-order chi connectivity index (χ1) is 10.6. The number of nitrogens with zero attached hydrogens (tertiary/aromatic N) is 2. The molecule has 0 saturated carbocycles. The molecular weight excluding hydrogens is 286 g/mol. The van der Waals surface area contributed by atoms with Gasteiger partial charge in [0.25, 0.3) is 0 Å². The Hall–Kier alpha value is -2.22. The van der Waals surface area contributed by atoms with Crippen LogP contribution in [0.5, 0.6) is 0 Å². The van der Waals surface area contributed by atoms with Crippen molar-refractivity contribution in [1.29, 1.82) is 0 Å². The van der Waals surface area contributed by atoms with Crippen LogP contribution >= 0.6 is 0 Å². The summed E-state index contributed by atoms with van der Waals surface area (Å²) in [6.45, 7) is -0.305. The summed E-state index contributed by atoms with van der Waals surface area (Å²) in [7, 11) is 0. The van der Waals surface area contributed by atoms with Crippen LogP contribution in [0.15, 0.2) is 41.3 Å². The van der Waals surface area contributed by atoms with Crippen LogP contribution in [-0.4, -0.2) is 38.6 Å². The van der Waals surface area contributed by atoms with E-state index in [9.17, 15) is 9.90 Å². The number of benzene rings is 1. The molecule has 0 radical (unpaired) electrons. The number of rotatable bonds is 3. The Kier molecular flexibility index (Phi) is 3.93. The first-order valence-corrected chi connectivity index (χ1v) is 6.98. The van der Waals surface area contributed by atoms with Crippen molar-refractivity contribution in [3.05, 3.63) is 47.0 Å². The van der Waals surface area contributed by atoms with E-state index in [0.717, 1.165) is 5.56 Å². The van der Waals surface area contributed by atoms with Crippen molar-refractivity contribution in [2.45, 2.75) is 24.9 Å². The molecule has 0 spiro atoms. The highest BCUT2D eigenvalue weighted by Crippen LogP contribution is 2.29. The summed E-state index contributed by atoms with van der Waals surface area (Å²) in [5.74, 6) is 0.143. The summed E-state index contributed by atoms with van der Waals surface area (Å²) in [5.41, 5.74) is 6.75. The standard InChI is InChI=1S/C15H17N3O4/c16-14-10(9-4-2-1-3-5-9)7-18(15(21)17-14)13-6-11(20)12(8-19)22-13/h1-5,7,11-13,19-20H,6,8H2,(H2,16,17,21)/t11-,12+,13+/m1/s1. The topological polar surface area (TPSA) is 111 Å². The largest absolute Gasteiger partial charge is 0.394 e. The number of nitrogens with two attached hydrogens (primary N) is 1. The number of aliphatic hydroxyl groups excluding tert-OH is 2. The van der Waals surface area contributed by atoms with Crippen LogP contribution < -0.4 is 11.4 Å². The maximum atomic E-state index is 12.1. The molecule has 116 valence electrons. The van der Waals surface area contributed by atoms with Gasteiger partial charge in [-0.05, 0) is 5.56 Å². The lowest BCUT2D eigenvalue weighted by Gasteiger charge is -2.16. The number of anilines is 1. The van der Waals surface area contributed by atoms with Gasteiger partial charge in [0, 0.05) is 18.2 Å². The van der Waals surface area contributed by atoms with Crippen LogP contribution in [0.1, 0.15) is 12.6 Å². The Balaban J connectivity index is 2.01. The van der Waals surface area contributed by atoms with E-state index in [4.69, 9.17) is 15.6 Å². The van der Waals surface area contributed by atoms with Crippen molar-refractivity contribution < 1.29 is 14.9 Å². The van der Waals surface area contributed by atoms with Crippen molar-refractivity contribution in [3.63, 3.8) is 0 Å². The van der Waals surface area contributed by atoms with E-state index >= 15 is 0 Å². The molecule has 2 aromatic rings. The van der Waals surface area contributed by atoms with Gasteiger partial charge in [-0.15, -0.1) is 0 Å². The van der Waals surface area contributed by atoms with Crippen LogP contribution in [0, 0.1) is 0 Å². The van der Waals surface area contributed by atoms with Gasteiger partial charge in [0.05, 0.1) is 12.7 Å². The van der Waals surface area contributed by atoms with Crippen molar-refractivity contribution in [2.75, 3.05) is 12.3 Å². The first-order valence-electron chi connectivity index (χ1n) is 6.98. The second-order valence-electron chi connectivity index (χ2n) is 5.21. The second-order valence-corrected chi connectivity index (χ2v) is 5.21. The first kappa shape index (κ1) is 14.7. The predicted octanol–water partition coefficient (Wildman–Crippen LogP) is 0.133.